The molecule has 0 spiro atoms. The third-order valence-corrected chi connectivity index (χ3v) is 2.11. The van der Waals surface area contributed by atoms with Crippen molar-refractivity contribution < 1.29 is 14.3 Å². The van der Waals surface area contributed by atoms with Gasteiger partial charge in [0.15, 0.2) is 5.78 Å². The maximum Gasteiger partial charge on any atom is 0.166 e. The van der Waals surface area contributed by atoms with Gasteiger partial charge in [-0.2, -0.15) is 0 Å². The molecule has 1 heterocycles. The molecule has 3 heteroatoms. The Morgan fingerprint density at radius 2 is 2.31 bits per heavy atom. The molecule has 0 aromatic rings. The zero-order chi connectivity index (χ0) is 9.10. The van der Waals surface area contributed by atoms with E-state index in [2.05, 4.69) is 0 Å². The van der Waals surface area contributed by atoms with Crippen LogP contribution in [-0.2, 0) is 14.3 Å². The van der Waals surface area contributed by atoms with Crippen LogP contribution in [0.1, 0.15) is 12.8 Å². The Morgan fingerprint density at radius 1 is 1.38 bits per heavy atom. The van der Waals surface area contributed by atoms with E-state index in [0.717, 1.165) is 12.8 Å². The van der Waals surface area contributed by atoms with Gasteiger partial charge in [-0.25, -0.2) is 0 Å². The van der Waals surface area contributed by atoms with E-state index in [4.69, 9.17) is 9.47 Å². The lowest BCUT2D eigenvalue weighted by Crippen LogP contribution is -2.19. The van der Waals surface area contributed by atoms with Crippen LogP contribution in [-0.4, -0.2) is 5.78 Å². The van der Waals surface area contributed by atoms with Crippen LogP contribution in [0.15, 0.2) is 36.7 Å². The van der Waals surface area contributed by atoms with Crippen molar-refractivity contribution in [3.63, 3.8) is 0 Å². The summed E-state index contributed by atoms with van der Waals surface area (Å²) < 4.78 is 10.1. The molecule has 0 aromatic heterocycles. The molecular formula is C10H10O3. The zero-order valence-electron chi connectivity index (χ0n) is 7.10. The second-order valence-corrected chi connectivity index (χ2v) is 2.98. The van der Waals surface area contributed by atoms with Gasteiger partial charge in [0, 0.05) is 0 Å². The summed E-state index contributed by atoms with van der Waals surface area (Å²) in [6.07, 6.45) is 9.59. The Morgan fingerprint density at radius 3 is 3.00 bits per heavy atom. The highest BCUT2D eigenvalue weighted by atomic mass is 16.5. The fourth-order valence-electron chi connectivity index (χ4n) is 1.44. The second-order valence-electron chi connectivity index (χ2n) is 2.98. The molecule has 0 saturated heterocycles. The van der Waals surface area contributed by atoms with Crippen LogP contribution in [0.4, 0.5) is 0 Å². The predicted molar refractivity (Wildman–Crippen MR) is 46.3 cm³/mol. The van der Waals surface area contributed by atoms with Crippen molar-refractivity contribution in [3.05, 3.63) is 36.7 Å². The number of carbonyl (C=O) groups is 1. The number of hydrogen-bond donors (Lipinski definition) is 0. The van der Waals surface area contributed by atoms with Gasteiger partial charge in [0.05, 0.1) is 5.92 Å². The van der Waals surface area contributed by atoms with Gasteiger partial charge in [-0.3, -0.25) is 4.79 Å². The second kappa shape index (κ2) is 3.47. The molecule has 2 rings (SSSR count). The van der Waals surface area contributed by atoms with Crippen LogP contribution in [0.2, 0.25) is 0 Å². The minimum Gasteiger partial charge on any atom is -0.466 e. The van der Waals surface area contributed by atoms with E-state index in [-0.39, 0.29) is 11.7 Å². The first-order chi connectivity index (χ1) is 6.38. The lowest BCUT2D eigenvalue weighted by molar-refractivity contribution is -0.118. The highest BCUT2D eigenvalue weighted by Gasteiger charge is 2.25. The summed E-state index contributed by atoms with van der Waals surface area (Å²) in [5, 5.41) is 0. The zero-order valence-corrected chi connectivity index (χ0v) is 7.10. The van der Waals surface area contributed by atoms with Crippen molar-refractivity contribution in [2.75, 3.05) is 0 Å². The molecule has 0 N–H and O–H groups in total. The smallest absolute Gasteiger partial charge is 0.166 e. The number of rotatable bonds is 1. The summed E-state index contributed by atoms with van der Waals surface area (Å²) in [6, 6.07) is 0. The molecule has 1 unspecified atom stereocenters. The standard InChI is InChI=1S/C10H10O3/c11-9-4-2-1-3-8(9)10-7-12-5-6-13-10/h2,4-8H,1,3H2. The van der Waals surface area contributed by atoms with Crippen LogP contribution < -0.4 is 0 Å². The van der Waals surface area contributed by atoms with Crippen molar-refractivity contribution in [2.24, 2.45) is 5.92 Å². The highest BCUT2D eigenvalue weighted by Crippen LogP contribution is 2.25. The van der Waals surface area contributed by atoms with Gasteiger partial charge in [0.25, 0.3) is 0 Å². The maximum atomic E-state index is 11.4. The van der Waals surface area contributed by atoms with Gasteiger partial charge < -0.3 is 9.47 Å². The lowest BCUT2D eigenvalue weighted by atomic mass is 9.91. The Kier molecular flexibility index (Phi) is 2.17. The molecule has 2 aliphatic rings. The third kappa shape index (κ3) is 1.64. The van der Waals surface area contributed by atoms with Crippen molar-refractivity contribution in [3.8, 4) is 0 Å². The van der Waals surface area contributed by atoms with Crippen LogP contribution in [0.3, 0.4) is 0 Å². The molecule has 0 radical (unpaired) electrons. The highest BCUT2D eigenvalue weighted by molar-refractivity contribution is 5.94. The van der Waals surface area contributed by atoms with E-state index < -0.39 is 0 Å². The van der Waals surface area contributed by atoms with Crippen LogP contribution in [0.25, 0.3) is 0 Å². The first kappa shape index (κ1) is 8.10. The maximum absolute atomic E-state index is 11.4. The van der Waals surface area contributed by atoms with Gasteiger partial charge in [-0.05, 0) is 18.9 Å². The Balaban J connectivity index is 2.11. The van der Waals surface area contributed by atoms with Gasteiger partial charge in [0.1, 0.15) is 24.5 Å². The van der Waals surface area contributed by atoms with E-state index in [1.54, 1.807) is 6.08 Å². The summed E-state index contributed by atoms with van der Waals surface area (Å²) in [4.78, 5) is 11.4. The summed E-state index contributed by atoms with van der Waals surface area (Å²) in [5.41, 5.74) is 0. The third-order valence-electron chi connectivity index (χ3n) is 2.11. The number of ether oxygens (including phenoxy) is 2. The van der Waals surface area contributed by atoms with Crippen LogP contribution in [0.5, 0.6) is 0 Å². The van der Waals surface area contributed by atoms with Crippen LogP contribution >= 0.6 is 0 Å². The molecular weight excluding hydrogens is 168 g/mol. The molecule has 0 amide bonds. The summed E-state index contributed by atoms with van der Waals surface area (Å²) in [5.74, 6) is 0.545. The lowest BCUT2D eigenvalue weighted by Gasteiger charge is -2.19. The first-order valence-corrected chi connectivity index (χ1v) is 4.25. The average molecular weight is 178 g/mol. The summed E-state index contributed by atoms with van der Waals surface area (Å²) >= 11 is 0. The molecule has 0 fully saturated rings. The predicted octanol–water partition coefficient (Wildman–Crippen LogP) is 1.88. The number of ketones is 1. The topological polar surface area (TPSA) is 35.5 Å². The van der Waals surface area contributed by atoms with Gasteiger partial charge in [-0.15, -0.1) is 0 Å². The first-order valence-electron chi connectivity index (χ1n) is 4.25. The average Bonchev–Trinajstić information content (AvgIpc) is 2.20. The molecule has 0 aromatic carbocycles. The Hall–Kier alpha value is -1.51. The molecule has 68 valence electrons. The molecule has 3 nitrogen and oxygen atoms in total. The monoisotopic (exact) mass is 178 g/mol. The van der Waals surface area contributed by atoms with Gasteiger partial charge in [0.2, 0.25) is 0 Å². The Bertz CT molecular complexity index is 299. The van der Waals surface area contributed by atoms with Crippen molar-refractivity contribution in [2.45, 2.75) is 12.8 Å². The number of carbonyl (C=O) groups excluding carboxylic acids is 1. The fraction of sp³-hybridized carbons (Fsp3) is 0.300. The molecule has 1 atom stereocenters. The van der Waals surface area contributed by atoms with Crippen LogP contribution in [0, 0.1) is 5.92 Å². The number of allylic oxidation sites excluding steroid dienone is 3. The molecule has 0 bridgehead atoms. The minimum atomic E-state index is -0.157. The van der Waals surface area contributed by atoms with E-state index >= 15 is 0 Å². The molecule has 13 heavy (non-hydrogen) atoms. The van der Waals surface area contributed by atoms with Crippen molar-refractivity contribution >= 4 is 5.78 Å². The van der Waals surface area contributed by atoms with Gasteiger partial charge in [-0.1, -0.05) is 6.08 Å². The van der Waals surface area contributed by atoms with Crippen molar-refractivity contribution in [1.29, 1.82) is 0 Å². The van der Waals surface area contributed by atoms with E-state index in [1.165, 1.54) is 18.8 Å². The molecule has 1 aliphatic carbocycles. The van der Waals surface area contributed by atoms with Crippen molar-refractivity contribution in [1.82, 2.24) is 0 Å². The summed E-state index contributed by atoms with van der Waals surface area (Å²) in [6.45, 7) is 0. The number of hydrogen-bond acceptors (Lipinski definition) is 3. The summed E-state index contributed by atoms with van der Waals surface area (Å²) in [7, 11) is 0. The fourth-order valence-corrected chi connectivity index (χ4v) is 1.44. The molecule has 1 aliphatic heterocycles. The normalized spacial score (nSPS) is 26.3. The largest absolute Gasteiger partial charge is 0.466 e. The van der Waals surface area contributed by atoms with E-state index in [0.29, 0.717) is 5.76 Å². The SMILES string of the molecule is O=C1C=CCCC1C1=COC=CO1. The van der Waals surface area contributed by atoms with E-state index in [1.807, 2.05) is 6.08 Å². The Labute approximate surface area is 76.3 Å². The quantitative estimate of drug-likeness (QED) is 0.615. The molecule has 0 saturated carbocycles. The van der Waals surface area contributed by atoms with E-state index in [9.17, 15) is 4.79 Å². The minimum absolute atomic E-state index is 0.0939. The van der Waals surface area contributed by atoms with Gasteiger partial charge >= 0.3 is 0 Å².